The van der Waals surface area contributed by atoms with Gasteiger partial charge in [-0.15, -0.1) is 0 Å². The van der Waals surface area contributed by atoms with Gasteiger partial charge in [-0.2, -0.15) is 0 Å². The van der Waals surface area contributed by atoms with E-state index in [1.165, 1.54) is 5.56 Å². The second-order valence-corrected chi connectivity index (χ2v) is 4.88. The van der Waals surface area contributed by atoms with Crippen LogP contribution < -0.4 is 10.1 Å². The van der Waals surface area contributed by atoms with Crippen LogP contribution in [-0.2, 0) is 6.42 Å². The van der Waals surface area contributed by atoms with Crippen molar-refractivity contribution in [1.82, 2.24) is 5.32 Å². The molecule has 2 aromatic rings. The summed E-state index contributed by atoms with van der Waals surface area (Å²) in [5.41, 5.74) is 1.21. The van der Waals surface area contributed by atoms with Gasteiger partial charge in [-0.1, -0.05) is 12.1 Å². The highest BCUT2D eigenvalue weighted by molar-refractivity contribution is 9.10. The van der Waals surface area contributed by atoms with Crippen molar-refractivity contribution in [3.05, 3.63) is 52.4 Å². The van der Waals surface area contributed by atoms with Gasteiger partial charge >= 0.3 is 0 Å². The summed E-state index contributed by atoms with van der Waals surface area (Å²) in [5.74, 6) is 1.79. The van der Waals surface area contributed by atoms with Crippen LogP contribution in [0.3, 0.4) is 0 Å². The zero-order valence-electron chi connectivity index (χ0n) is 10.4. The smallest absolute Gasteiger partial charge is 0.135 e. The Morgan fingerprint density at radius 3 is 2.83 bits per heavy atom. The van der Waals surface area contributed by atoms with E-state index in [0.29, 0.717) is 0 Å². The van der Waals surface area contributed by atoms with Gasteiger partial charge < -0.3 is 14.5 Å². The molecule has 4 heteroatoms. The van der Waals surface area contributed by atoms with E-state index in [-0.39, 0.29) is 6.04 Å². The summed E-state index contributed by atoms with van der Waals surface area (Å²) in [6.07, 6.45) is 2.54. The Hall–Kier alpha value is -1.26. The molecule has 1 N–H and O–H groups in total. The van der Waals surface area contributed by atoms with Gasteiger partial charge in [0.2, 0.25) is 0 Å². The number of benzene rings is 1. The Morgan fingerprint density at radius 2 is 2.22 bits per heavy atom. The van der Waals surface area contributed by atoms with Crippen molar-refractivity contribution < 1.29 is 9.15 Å². The lowest BCUT2D eigenvalue weighted by Gasteiger charge is -2.15. The van der Waals surface area contributed by atoms with Crippen LogP contribution in [0.4, 0.5) is 0 Å². The minimum atomic E-state index is 0.140. The van der Waals surface area contributed by atoms with E-state index in [2.05, 4.69) is 27.3 Å². The average molecular weight is 310 g/mol. The topological polar surface area (TPSA) is 34.4 Å². The molecule has 1 heterocycles. The number of methoxy groups -OCH3 is 1. The predicted molar refractivity (Wildman–Crippen MR) is 74.9 cm³/mol. The van der Waals surface area contributed by atoms with Crippen molar-refractivity contribution >= 4 is 15.9 Å². The maximum Gasteiger partial charge on any atom is 0.135 e. The molecule has 0 amide bonds. The van der Waals surface area contributed by atoms with Crippen LogP contribution in [0.15, 0.2) is 45.5 Å². The first-order valence-electron chi connectivity index (χ1n) is 5.77. The number of hydrogen-bond acceptors (Lipinski definition) is 3. The van der Waals surface area contributed by atoms with Gasteiger partial charge in [-0.25, -0.2) is 0 Å². The minimum Gasteiger partial charge on any atom is -0.497 e. The van der Waals surface area contributed by atoms with Crippen LogP contribution in [0.5, 0.6) is 5.75 Å². The molecule has 3 nitrogen and oxygen atoms in total. The average Bonchev–Trinajstić information content (AvgIpc) is 2.82. The fourth-order valence-electron chi connectivity index (χ4n) is 1.92. The second-order valence-electron chi connectivity index (χ2n) is 4.03. The normalized spacial score (nSPS) is 12.4. The number of ether oxygens (including phenoxy) is 1. The summed E-state index contributed by atoms with van der Waals surface area (Å²) in [5, 5.41) is 3.27. The summed E-state index contributed by atoms with van der Waals surface area (Å²) in [7, 11) is 3.61. The zero-order chi connectivity index (χ0) is 13.0. The van der Waals surface area contributed by atoms with Gasteiger partial charge in [-0.3, -0.25) is 0 Å². The van der Waals surface area contributed by atoms with Gasteiger partial charge in [0.15, 0.2) is 0 Å². The maximum absolute atomic E-state index is 5.51. The summed E-state index contributed by atoms with van der Waals surface area (Å²) in [6, 6.07) is 10.1. The number of rotatable bonds is 5. The van der Waals surface area contributed by atoms with Crippen LogP contribution in [0.2, 0.25) is 0 Å². The quantitative estimate of drug-likeness (QED) is 0.917. The van der Waals surface area contributed by atoms with Crippen LogP contribution in [-0.4, -0.2) is 14.2 Å². The van der Waals surface area contributed by atoms with Gasteiger partial charge in [0.1, 0.15) is 11.5 Å². The van der Waals surface area contributed by atoms with Gasteiger partial charge in [0.25, 0.3) is 0 Å². The number of furan rings is 1. The number of hydrogen-bond donors (Lipinski definition) is 1. The lowest BCUT2D eigenvalue weighted by Crippen LogP contribution is -2.18. The van der Waals surface area contributed by atoms with E-state index >= 15 is 0 Å². The van der Waals surface area contributed by atoms with E-state index in [0.717, 1.165) is 22.4 Å². The summed E-state index contributed by atoms with van der Waals surface area (Å²) >= 11 is 3.49. The zero-order valence-corrected chi connectivity index (χ0v) is 12.0. The SMILES string of the molecule is CNC(Cc1cccc(OC)c1)c1occc1Br. The molecule has 0 spiro atoms. The first-order valence-corrected chi connectivity index (χ1v) is 6.57. The minimum absolute atomic E-state index is 0.140. The third-order valence-corrected chi connectivity index (χ3v) is 3.54. The Bertz CT molecular complexity index is 510. The molecule has 1 unspecified atom stereocenters. The lowest BCUT2D eigenvalue weighted by molar-refractivity contribution is 0.411. The molecule has 0 radical (unpaired) electrons. The Morgan fingerprint density at radius 1 is 1.39 bits per heavy atom. The monoisotopic (exact) mass is 309 g/mol. The summed E-state index contributed by atoms with van der Waals surface area (Å²) < 4.78 is 11.7. The van der Waals surface area contributed by atoms with Crippen molar-refractivity contribution in [2.24, 2.45) is 0 Å². The Labute approximate surface area is 115 Å². The van der Waals surface area contributed by atoms with Gasteiger partial charge in [-0.05, 0) is 53.2 Å². The highest BCUT2D eigenvalue weighted by Crippen LogP contribution is 2.27. The molecule has 0 fully saturated rings. The molecular weight excluding hydrogens is 294 g/mol. The molecule has 96 valence electrons. The number of likely N-dealkylation sites (N-methyl/N-ethyl adjacent to an activating group) is 1. The molecule has 0 aliphatic carbocycles. The first-order chi connectivity index (χ1) is 8.74. The van der Waals surface area contributed by atoms with Crippen molar-refractivity contribution in [2.75, 3.05) is 14.2 Å². The largest absolute Gasteiger partial charge is 0.497 e. The fraction of sp³-hybridized carbons (Fsp3) is 0.286. The van der Waals surface area contributed by atoms with E-state index < -0.39 is 0 Å². The lowest BCUT2D eigenvalue weighted by atomic mass is 10.0. The molecule has 1 aromatic heterocycles. The molecule has 0 aliphatic rings. The van der Waals surface area contributed by atoms with Gasteiger partial charge in [0, 0.05) is 0 Å². The van der Waals surface area contributed by atoms with Crippen molar-refractivity contribution in [3.8, 4) is 5.75 Å². The second kappa shape index (κ2) is 6.07. The molecule has 0 bridgehead atoms. The molecule has 0 saturated carbocycles. The molecule has 18 heavy (non-hydrogen) atoms. The maximum atomic E-state index is 5.51. The van der Waals surface area contributed by atoms with Crippen molar-refractivity contribution in [2.45, 2.75) is 12.5 Å². The van der Waals surface area contributed by atoms with E-state index in [1.807, 2.05) is 31.3 Å². The Balaban J connectivity index is 2.18. The van der Waals surface area contributed by atoms with Gasteiger partial charge in [0.05, 0.1) is 23.9 Å². The van der Waals surface area contributed by atoms with Crippen molar-refractivity contribution in [3.63, 3.8) is 0 Å². The summed E-state index contributed by atoms with van der Waals surface area (Å²) in [4.78, 5) is 0. The van der Waals surface area contributed by atoms with Crippen LogP contribution in [0.1, 0.15) is 17.4 Å². The highest BCUT2D eigenvalue weighted by Gasteiger charge is 2.16. The first kappa shape index (κ1) is 13.2. The highest BCUT2D eigenvalue weighted by atomic mass is 79.9. The molecule has 2 rings (SSSR count). The molecule has 1 atom stereocenters. The molecule has 1 aromatic carbocycles. The van der Waals surface area contributed by atoms with Crippen LogP contribution >= 0.6 is 15.9 Å². The molecule has 0 aliphatic heterocycles. The Kier molecular flexibility index (Phi) is 4.44. The summed E-state index contributed by atoms with van der Waals surface area (Å²) in [6.45, 7) is 0. The standard InChI is InChI=1S/C14H16BrNO2/c1-16-13(14-12(15)6-7-18-14)9-10-4-3-5-11(8-10)17-2/h3-8,13,16H,9H2,1-2H3. The molecular formula is C14H16BrNO2. The third kappa shape index (κ3) is 2.94. The van der Waals surface area contributed by atoms with E-state index in [9.17, 15) is 0 Å². The number of halogens is 1. The fourth-order valence-corrected chi connectivity index (χ4v) is 2.39. The molecule has 0 saturated heterocycles. The van der Waals surface area contributed by atoms with E-state index in [1.54, 1.807) is 13.4 Å². The van der Waals surface area contributed by atoms with Crippen LogP contribution in [0, 0.1) is 0 Å². The number of nitrogens with one attached hydrogen (secondary N) is 1. The predicted octanol–water partition coefficient (Wildman–Crippen LogP) is 3.55. The van der Waals surface area contributed by atoms with Crippen LogP contribution in [0.25, 0.3) is 0 Å². The van der Waals surface area contributed by atoms with E-state index in [4.69, 9.17) is 9.15 Å². The van der Waals surface area contributed by atoms with Crippen molar-refractivity contribution in [1.29, 1.82) is 0 Å². The third-order valence-electron chi connectivity index (χ3n) is 2.88.